The van der Waals surface area contributed by atoms with Crippen LogP contribution in [0.15, 0.2) is 126 Å². The molecule has 0 unspecified atom stereocenters. The quantitative estimate of drug-likeness (QED) is 0.170. The largest absolute Gasteiger partial charge is 0.497 e. The van der Waals surface area contributed by atoms with Crippen LogP contribution < -0.4 is 9.04 Å². The highest BCUT2D eigenvalue weighted by atomic mass is 32.2. The van der Waals surface area contributed by atoms with Gasteiger partial charge in [0.1, 0.15) is 5.75 Å². The van der Waals surface area contributed by atoms with Crippen molar-refractivity contribution in [1.29, 1.82) is 0 Å². The van der Waals surface area contributed by atoms with Crippen LogP contribution in [0.3, 0.4) is 0 Å². The SMILES string of the molecule is COc1ccc(N(Sc2ccccc2)C(=O)CCCC=C(c2ccccc2)c2ccccc2)cc1. The average Bonchev–Trinajstić information content (AvgIpc) is 2.93. The highest BCUT2D eigenvalue weighted by molar-refractivity contribution is 8.01. The minimum Gasteiger partial charge on any atom is -0.497 e. The van der Waals surface area contributed by atoms with Crippen LogP contribution >= 0.6 is 11.9 Å². The molecule has 0 aliphatic carbocycles. The molecule has 4 rings (SSSR count). The fourth-order valence-electron chi connectivity index (χ4n) is 3.79. The number of allylic oxidation sites excluding steroid dienone is 1. The van der Waals surface area contributed by atoms with Gasteiger partial charge in [-0.2, -0.15) is 0 Å². The van der Waals surface area contributed by atoms with E-state index in [-0.39, 0.29) is 5.91 Å². The van der Waals surface area contributed by atoms with Gasteiger partial charge < -0.3 is 4.74 Å². The zero-order valence-electron chi connectivity index (χ0n) is 19.8. The minimum atomic E-state index is 0.0818. The summed E-state index contributed by atoms with van der Waals surface area (Å²) in [5.41, 5.74) is 4.41. The maximum atomic E-state index is 13.3. The molecule has 4 aromatic carbocycles. The second kappa shape index (κ2) is 12.6. The van der Waals surface area contributed by atoms with Crippen LogP contribution in [-0.2, 0) is 4.79 Å². The normalized spacial score (nSPS) is 10.4. The first-order valence-electron chi connectivity index (χ1n) is 11.8. The van der Waals surface area contributed by atoms with Gasteiger partial charge >= 0.3 is 0 Å². The van der Waals surface area contributed by atoms with Crippen molar-refractivity contribution in [2.45, 2.75) is 24.2 Å². The van der Waals surface area contributed by atoms with Crippen molar-refractivity contribution < 1.29 is 9.53 Å². The van der Waals surface area contributed by atoms with E-state index >= 15 is 0 Å². The Bertz CT molecular complexity index is 1180. The molecule has 4 heteroatoms. The molecule has 0 N–H and O–H groups in total. The number of rotatable bonds is 10. The molecule has 0 saturated carbocycles. The smallest absolute Gasteiger partial charge is 0.237 e. The number of ether oxygens (including phenoxy) is 1. The Morgan fingerprint density at radius 2 is 1.31 bits per heavy atom. The Kier molecular flexibility index (Phi) is 8.79. The van der Waals surface area contributed by atoms with Gasteiger partial charge in [-0.05, 0) is 77.9 Å². The summed E-state index contributed by atoms with van der Waals surface area (Å²) in [5.74, 6) is 0.851. The summed E-state index contributed by atoms with van der Waals surface area (Å²) in [4.78, 5) is 14.4. The third-order valence-electron chi connectivity index (χ3n) is 5.59. The fraction of sp³-hybridized carbons (Fsp3) is 0.129. The highest BCUT2D eigenvalue weighted by Gasteiger charge is 2.17. The summed E-state index contributed by atoms with van der Waals surface area (Å²) < 4.78 is 7.07. The molecule has 0 bridgehead atoms. The summed E-state index contributed by atoms with van der Waals surface area (Å²) in [6.07, 6.45) is 4.29. The van der Waals surface area contributed by atoms with Gasteiger partial charge in [-0.1, -0.05) is 84.9 Å². The van der Waals surface area contributed by atoms with Gasteiger partial charge in [-0.25, -0.2) is 4.31 Å². The van der Waals surface area contributed by atoms with Crippen molar-refractivity contribution in [3.8, 4) is 5.75 Å². The van der Waals surface area contributed by atoms with Crippen molar-refractivity contribution in [2.24, 2.45) is 0 Å². The summed E-state index contributed by atoms with van der Waals surface area (Å²) >= 11 is 1.45. The number of nitrogens with zero attached hydrogens (tertiary/aromatic N) is 1. The topological polar surface area (TPSA) is 29.5 Å². The third kappa shape index (κ3) is 6.87. The van der Waals surface area contributed by atoms with E-state index in [1.54, 1.807) is 11.4 Å². The first-order chi connectivity index (χ1) is 17.2. The zero-order valence-corrected chi connectivity index (χ0v) is 20.7. The van der Waals surface area contributed by atoms with Gasteiger partial charge in [0.2, 0.25) is 5.91 Å². The molecule has 0 spiro atoms. The molecule has 0 heterocycles. The van der Waals surface area contributed by atoms with Crippen LogP contribution in [0.5, 0.6) is 5.75 Å². The first kappa shape index (κ1) is 24.4. The van der Waals surface area contributed by atoms with Crippen LogP contribution in [0.1, 0.15) is 30.4 Å². The molecule has 0 aliphatic heterocycles. The van der Waals surface area contributed by atoms with Crippen LogP contribution in [0, 0.1) is 0 Å². The van der Waals surface area contributed by atoms with E-state index in [1.165, 1.54) is 28.6 Å². The third-order valence-corrected chi connectivity index (χ3v) is 6.67. The van der Waals surface area contributed by atoms with Gasteiger partial charge in [0.25, 0.3) is 0 Å². The zero-order chi connectivity index (χ0) is 24.3. The molecule has 0 aliphatic rings. The van der Waals surface area contributed by atoms with E-state index in [4.69, 9.17) is 4.74 Å². The lowest BCUT2D eigenvalue weighted by molar-refractivity contribution is -0.117. The molecule has 0 saturated heterocycles. The number of methoxy groups -OCH3 is 1. The Morgan fingerprint density at radius 1 is 0.771 bits per heavy atom. The standard InChI is InChI=1S/C31H29NO2S/c1-34-28-23-21-27(22-24-28)32(35-29-17-9-4-10-18-29)31(33)20-12-11-19-30(25-13-5-2-6-14-25)26-15-7-3-8-16-26/h2-10,13-19,21-24H,11-12,20H2,1H3. The number of hydrogen-bond donors (Lipinski definition) is 0. The van der Waals surface area contributed by atoms with Gasteiger partial charge in [0.15, 0.2) is 0 Å². The molecule has 0 radical (unpaired) electrons. The van der Waals surface area contributed by atoms with Crippen molar-refractivity contribution in [3.63, 3.8) is 0 Å². The molecule has 0 aromatic heterocycles. The fourth-order valence-corrected chi connectivity index (χ4v) is 4.70. The summed E-state index contributed by atoms with van der Waals surface area (Å²) in [7, 11) is 1.64. The van der Waals surface area contributed by atoms with Crippen LogP contribution in [0.25, 0.3) is 5.57 Å². The predicted molar refractivity (Wildman–Crippen MR) is 147 cm³/mol. The van der Waals surface area contributed by atoms with Crippen molar-refractivity contribution in [3.05, 3.63) is 132 Å². The number of hydrogen-bond acceptors (Lipinski definition) is 3. The number of carbonyl (C=O) groups is 1. The van der Waals surface area contributed by atoms with E-state index < -0.39 is 0 Å². The summed E-state index contributed by atoms with van der Waals surface area (Å²) in [6, 6.07) is 38.4. The molecular formula is C31H29NO2S. The van der Waals surface area contributed by atoms with E-state index in [2.05, 4.69) is 54.6 Å². The van der Waals surface area contributed by atoms with E-state index in [0.29, 0.717) is 6.42 Å². The monoisotopic (exact) mass is 479 g/mol. The lowest BCUT2D eigenvalue weighted by atomic mass is 9.96. The predicted octanol–water partition coefficient (Wildman–Crippen LogP) is 8.04. The molecule has 3 nitrogen and oxygen atoms in total. The van der Waals surface area contributed by atoms with Gasteiger partial charge in [0.05, 0.1) is 12.8 Å². The van der Waals surface area contributed by atoms with E-state index in [1.807, 2.05) is 66.7 Å². The lowest BCUT2D eigenvalue weighted by Crippen LogP contribution is -2.23. The second-order valence-corrected chi connectivity index (χ2v) is 9.05. The highest BCUT2D eigenvalue weighted by Crippen LogP contribution is 2.31. The number of amides is 1. The first-order valence-corrected chi connectivity index (χ1v) is 12.5. The van der Waals surface area contributed by atoms with Crippen molar-refractivity contribution >= 4 is 29.1 Å². The number of anilines is 1. The van der Waals surface area contributed by atoms with Gasteiger partial charge in [0, 0.05) is 11.3 Å². The van der Waals surface area contributed by atoms with E-state index in [0.717, 1.165) is 29.2 Å². The van der Waals surface area contributed by atoms with Crippen molar-refractivity contribution in [2.75, 3.05) is 11.4 Å². The maximum Gasteiger partial charge on any atom is 0.237 e. The minimum absolute atomic E-state index is 0.0818. The molecule has 1 amide bonds. The molecule has 4 aromatic rings. The molecular weight excluding hydrogens is 450 g/mol. The van der Waals surface area contributed by atoms with Crippen molar-refractivity contribution in [1.82, 2.24) is 0 Å². The van der Waals surface area contributed by atoms with Gasteiger partial charge in [-0.15, -0.1) is 0 Å². The molecule has 35 heavy (non-hydrogen) atoms. The molecule has 176 valence electrons. The molecule has 0 atom stereocenters. The van der Waals surface area contributed by atoms with E-state index in [9.17, 15) is 4.79 Å². The average molecular weight is 480 g/mol. The second-order valence-electron chi connectivity index (χ2n) is 8.03. The summed E-state index contributed by atoms with van der Waals surface area (Å²) in [6.45, 7) is 0. The van der Waals surface area contributed by atoms with Crippen LogP contribution in [0.4, 0.5) is 5.69 Å². The number of unbranched alkanes of at least 4 members (excludes halogenated alkanes) is 1. The Balaban J connectivity index is 1.47. The Hall–Kier alpha value is -3.76. The maximum absolute atomic E-state index is 13.3. The van der Waals surface area contributed by atoms with Gasteiger partial charge in [-0.3, -0.25) is 4.79 Å². The Labute approximate surface area is 212 Å². The number of carbonyl (C=O) groups excluding carboxylic acids is 1. The number of benzene rings is 4. The molecule has 0 fully saturated rings. The summed E-state index contributed by atoms with van der Waals surface area (Å²) in [5, 5.41) is 0. The lowest BCUT2D eigenvalue weighted by Gasteiger charge is -2.21. The Morgan fingerprint density at radius 3 is 1.86 bits per heavy atom. The van der Waals surface area contributed by atoms with Crippen LogP contribution in [0.2, 0.25) is 0 Å². The van der Waals surface area contributed by atoms with Crippen LogP contribution in [-0.4, -0.2) is 13.0 Å².